The molecule has 1 aliphatic heterocycles. The molecular formula is C25H23BrN2O5S. The van der Waals surface area contributed by atoms with Crippen LogP contribution in [0.2, 0.25) is 0 Å². The Morgan fingerprint density at radius 1 is 1.15 bits per heavy atom. The number of thiazole rings is 1. The Kier molecular flexibility index (Phi) is 7.33. The molecule has 176 valence electrons. The number of aromatic nitrogens is 1. The smallest absolute Gasteiger partial charge is 0.337 e. The van der Waals surface area contributed by atoms with E-state index in [2.05, 4.69) is 20.9 Å². The van der Waals surface area contributed by atoms with Gasteiger partial charge in [0, 0.05) is 10.7 Å². The first-order valence-corrected chi connectivity index (χ1v) is 12.3. The second kappa shape index (κ2) is 10.4. The topological polar surface area (TPSA) is 79.1 Å². The van der Waals surface area contributed by atoms with Gasteiger partial charge in [-0.25, -0.2) is 9.79 Å². The maximum absolute atomic E-state index is 13.6. The van der Waals surface area contributed by atoms with Gasteiger partial charge in [-0.3, -0.25) is 9.36 Å². The average molecular weight is 543 g/mol. The lowest BCUT2D eigenvalue weighted by atomic mass is 9.97. The number of ether oxygens (including phenoxy) is 3. The lowest BCUT2D eigenvalue weighted by molar-refractivity contribution is -0.136. The minimum Gasteiger partial charge on any atom is -0.490 e. The monoisotopic (exact) mass is 542 g/mol. The molecule has 9 heteroatoms. The summed E-state index contributed by atoms with van der Waals surface area (Å²) < 4.78 is 19.4. The van der Waals surface area contributed by atoms with Gasteiger partial charge in [0.25, 0.3) is 5.56 Å². The van der Waals surface area contributed by atoms with Crippen LogP contribution in [0, 0.1) is 0 Å². The number of nitrogens with zero attached hydrogens (tertiary/aromatic N) is 2. The highest BCUT2D eigenvalue weighted by atomic mass is 79.9. The molecule has 0 bridgehead atoms. The lowest BCUT2D eigenvalue weighted by Crippen LogP contribution is -2.39. The van der Waals surface area contributed by atoms with Crippen LogP contribution in [-0.4, -0.2) is 30.9 Å². The summed E-state index contributed by atoms with van der Waals surface area (Å²) in [5, 5.41) is 0. The van der Waals surface area contributed by atoms with Crippen molar-refractivity contribution in [2.75, 3.05) is 20.3 Å². The predicted octanol–water partition coefficient (Wildman–Crippen LogP) is 3.58. The molecular weight excluding hydrogens is 520 g/mol. The molecule has 7 nitrogen and oxygen atoms in total. The van der Waals surface area contributed by atoms with Crippen molar-refractivity contribution >= 4 is 39.3 Å². The van der Waals surface area contributed by atoms with Crippen molar-refractivity contribution in [3.8, 4) is 11.5 Å². The number of carbonyl (C=O) groups excluding carboxylic acids is 1. The van der Waals surface area contributed by atoms with E-state index in [4.69, 9.17) is 14.2 Å². The van der Waals surface area contributed by atoms with E-state index in [-0.39, 0.29) is 11.1 Å². The standard InChI is InChI=1S/C25H23BrN2O5S/c1-4-32-19-11-10-16(12-20(19)33-5-2)22-17(24(30)31-3)14-27-25-28(22)23(29)21(34-25)13-15-8-6-7-9-18(15)26/h6-14,22H,4-5H2,1-3H3/b21-13-/t22-/m1/s1. The highest BCUT2D eigenvalue weighted by Crippen LogP contribution is 2.35. The van der Waals surface area contributed by atoms with Crippen molar-refractivity contribution in [3.05, 3.63) is 89.5 Å². The third kappa shape index (κ3) is 4.58. The van der Waals surface area contributed by atoms with Gasteiger partial charge in [0.1, 0.15) is 0 Å². The van der Waals surface area contributed by atoms with E-state index >= 15 is 0 Å². The van der Waals surface area contributed by atoms with E-state index in [1.54, 1.807) is 12.1 Å². The summed E-state index contributed by atoms with van der Waals surface area (Å²) in [4.78, 5) is 31.1. The molecule has 1 aromatic heterocycles. The molecule has 0 amide bonds. The number of rotatable bonds is 7. The number of methoxy groups -OCH3 is 1. The van der Waals surface area contributed by atoms with Gasteiger partial charge in [0.2, 0.25) is 0 Å². The molecule has 0 N–H and O–H groups in total. The number of esters is 1. The normalized spacial score (nSPS) is 15.2. The van der Waals surface area contributed by atoms with Crippen LogP contribution in [0.5, 0.6) is 11.5 Å². The van der Waals surface area contributed by atoms with Crippen LogP contribution in [0.4, 0.5) is 0 Å². The van der Waals surface area contributed by atoms with E-state index in [1.165, 1.54) is 29.2 Å². The summed E-state index contributed by atoms with van der Waals surface area (Å²) in [5.41, 5.74) is 1.57. The maximum Gasteiger partial charge on any atom is 0.337 e. The molecule has 1 aliphatic rings. The quantitative estimate of drug-likeness (QED) is 0.426. The molecule has 2 aromatic carbocycles. The van der Waals surface area contributed by atoms with Crippen LogP contribution in [0.3, 0.4) is 0 Å². The molecule has 0 saturated carbocycles. The molecule has 1 atom stereocenters. The molecule has 0 spiro atoms. The molecule has 3 aromatic rings. The zero-order valence-corrected chi connectivity index (χ0v) is 21.3. The maximum atomic E-state index is 13.6. The van der Waals surface area contributed by atoms with Crippen LogP contribution in [-0.2, 0) is 9.53 Å². The van der Waals surface area contributed by atoms with E-state index in [9.17, 15) is 9.59 Å². The highest BCUT2D eigenvalue weighted by molar-refractivity contribution is 9.10. The molecule has 2 heterocycles. The number of carbonyl (C=O) groups is 1. The van der Waals surface area contributed by atoms with E-state index in [0.29, 0.717) is 39.6 Å². The fraction of sp³-hybridized carbons (Fsp3) is 0.240. The average Bonchev–Trinajstić information content (AvgIpc) is 3.16. The summed E-state index contributed by atoms with van der Waals surface area (Å²) in [6.07, 6.45) is 3.29. The van der Waals surface area contributed by atoms with Crippen LogP contribution < -0.4 is 24.4 Å². The van der Waals surface area contributed by atoms with Crippen LogP contribution >= 0.6 is 27.3 Å². The van der Waals surface area contributed by atoms with Crippen molar-refractivity contribution in [3.63, 3.8) is 0 Å². The molecule has 0 fully saturated rings. The Morgan fingerprint density at radius 3 is 2.59 bits per heavy atom. The largest absolute Gasteiger partial charge is 0.490 e. The number of hydrogen-bond acceptors (Lipinski definition) is 7. The molecule has 0 aliphatic carbocycles. The van der Waals surface area contributed by atoms with Crippen molar-refractivity contribution in [1.82, 2.24) is 4.57 Å². The Morgan fingerprint density at radius 2 is 1.88 bits per heavy atom. The third-order valence-corrected chi connectivity index (χ3v) is 6.92. The van der Waals surface area contributed by atoms with E-state index in [0.717, 1.165) is 10.0 Å². The van der Waals surface area contributed by atoms with E-state index in [1.807, 2.05) is 50.3 Å². The van der Waals surface area contributed by atoms with Crippen molar-refractivity contribution in [2.24, 2.45) is 4.99 Å². The zero-order chi connectivity index (χ0) is 24.2. The summed E-state index contributed by atoms with van der Waals surface area (Å²) in [6.45, 7) is 4.70. The second-order valence-electron chi connectivity index (χ2n) is 7.27. The zero-order valence-electron chi connectivity index (χ0n) is 18.9. The Labute approximate surface area is 208 Å². The highest BCUT2D eigenvalue weighted by Gasteiger charge is 2.31. The van der Waals surface area contributed by atoms with Crippen LogP contribution in [0.1, 0.15) is 31.0 Å². The Hall–Kier alpha value is -3.17. The van der Waals surface area contributed by atoms with Gasteiger partial charge in [-0.1, -0.05) is 51.5 Å². The number of fused-ring (bicyclic) bond motifs is 1. The van der Waals surface area contributed by atoms with Gasteiger partial charge in [0.15, 0.2) is 16.3 Å². The summed E-state index contributed by atoms with van der Waals surface area (Å²) in [7, 11) is 1.31. The second-order valence-corrected chi connectivity index (χ2v) is 9.13. The SMILES string of the molecule is CCOc1ccc([C@@H]2C(C(=O)OC)=CN=c3s/c(=C\c4ccccc4Br)c(=O)n32)cc1OCC. The van der Waals surface area contributed by atoms with Crippen LogP contribution in [0.15, 0.2) is 68.5 Å². The van der Waals surface area contributed by atoms with Gasteiger partial charge in [-0.05, 0) is 49.2 Å². The molecule has 0 unspecified atom stereocenters. The molecule has 0 saturated heterocycles. The minimum atomic E-state index is -0.722. The fourth-order valence-electron chi connectivity index (χ4n) is 3.72. The first-order valence-electron chi connectivity index (χ1n) is 10.7. The van der Waals surface area contributed by atoms with Gasteiger partial charge in [0.05, 0.1) is 36.5 Å². The van der Waals surface area contributed by atoms with E-state index < -0.39 is 12.0 Å². The fourth-order valence-corrected chi connectivity index (χ4v) is 5.08. The lowest BCUT2D eigenvalue weighted by Gasteiger charge is -2.23. The van der Waals surface area contributed by atoms with Crippen LogP contribution in [0.25, 0.3) is 6.08 Å². The first kappa shape index (κ1) is 24.0. The Bertz CT molecular complexity index is 1440. The van der Waals surface area contributed by atoms with Crippen molar-refractivity contribution < 1.29 is 19.0 Å². The van der Waals surface area contributed by atoms with Crippen molar-refractivity contribution in [1.29, 1.82) is 0 Å². The third-order valence-electron chi connectivity index (χ3n) is 5.20. The predicted molar refractivity (Wildman–Crippen MR) is 134 cm³/mol. The summed E-state index contributed by atoms with van der Waals surface area (Å²) in [5.74, 6) is 0.581. The van der Waals surface area contributed by atoms with Gasteiger partial charge >= 0.3 is 5.97 Å². The molecule has 34 heavy (non-hydrogen) atoms. The number of halogens is 1. The molecule has 0 radical (unpaired) electrons. The molecule has 4 rings (SSSR count). The number of benzene rings is 2. The Balaban J connectivity index is 1.92. The van der Waals surface area contributed by atoms with Crippen molar-refractivity contribution in [2.45, 2.75) is 19.9 Å². The van der Waals surface area contributed by atoms with Gasteiger partial charge < -0.3 is 14.2 Å². The minimum absolute atomic E-state index is 0.245. The first-order chi connectivity index (χ1) is 16.5. The van der Waals surface area contributed by atoms with Gasteiger partial charge in [-0.15, -0.1) is 0 Å². The summed E-state index contributed by atoms with van der Waals surface area (Å²) in [6, 6.07) is 12.3. The summed E-state index contributed by atoms with van der Waals surface area (Å²) >= 11 is 4.79. The number of hydrogen-bond donors (Lipinski definition) is 0. The van der Waals surface area contributed by atoms with Gasteiger partial charge in [-0.2, -0.15) is 0 Å².